The van der Waals surface area contributed by atoms with Crippen LogP contribution in [0.15, 0.2) is 6.20 Å². The van der Waals surface area contributed by atoms with E-state index in [2.05, 4.69) is 21.8 Å². The normalized spacial score (nSPS) is 17.5. The highest BCUT2D eigenvalue weighted by Crippen LogP contribution is 2.23. The number of nitrogens with two attached hydrogens (primary N) is 1. The van der Waals surface area contributed by atoms with Crippen molar-refractivity contribution >= 4 is 11.8 Å². The van der Waals surface area contributed by atoms with E-state index in [-0.39, 0.29) is 0 Å². The minimum Gasteiger partial charge on any atom is -0.491 e. The third kappa shape index (κ3) is 2.18. The quantitative estimate of drug-likeness (QED) is 0.817. The second-order valence-corrected chi connectivity index (χ2v) is 4.29. The maximum absolute atomic E-state index is 5.76. The Bertz CT molecular complexity index is 361. The van der Waals surface area contributed by atoms with Crippen LogP contribution in [0.1, 0.15) is 19.8 Å². The van der Waals surface area contributed by atoms with Crippen molar-refractivity contribution in [3.05, 3.63) is 6.20 Å². The Morgan fingerprint density at radius 1 is 1.44 bits per heavy atom. The Hall–Kier alpha value is -1.52. The molecule has 5 heteroatoms. The van der Waals surface area contributed by atoms with Gasteiger partial charge in [-0.05, 0) is 18.8 Å². The van der Waals surface area contributed by atoms with Crippen molar-refractivity contribution in [2.24, 2.45) is 5.92 Å². The van der Waals surface area contributed by atoms with Gasteiger partial charge in [-0.3, -0.25) is 0 Å². The summed E-state index contributed by atoms with van der Waals surface area (Å²) in [6, 6.07) is 0. The van der Waals surface area contributed by atoms with Gasteiger partial charge in [0.2, 0.25) is 5.95 Å². The zero-order valence-electron chi connectivity index (χ0n) is 9.81. The van der Waals surface area contributed by atoms with Gasteiger partial charge in [-0.2, -0.15) is 4.98 Å². The van der Waals surface area contributed by atoms with Crippen LogP contribution in [-0.2, 0) is 0 Å². The van der Waals surface area contributed by atoms with Gasteiger partial charge in [0, 0.05) is 13.1 Å². The lowest BCUT2D eigenvalue weighted by Gasteiger charge is -2.30. The van der Waals surface area contributed by atoms with Crippen LogP contribution >= 0.6 is 0 Å². The van der Waals surface area contributed by atoms with Gasteiger partial charge in [0.05, 0.1) is 13.3 Å². The second-order valence-electron chi connectivity index (χ2n) is 4.29. The van der Waals surface area contributed by atoms with Crippen molar-refractivity contribution in [1.29, 1.82) is 0 Å². The molecule has 88 valence electrons. The predicted octanol–water partition coefficient (Wildman–Crippen LogP) is 1.30. The summed E-state index contributed by atoms with van der Waals surface area (Å²) < 4.78 is 5.04. The predicted molar refractivity (Wildman–Crippen MR) is 63.6 cm³/mol. The monoisotopic (exact) mass is 222 g/mol. The number of nitrogens with zero attached hydrogens (tertiary/aromatic N) is 3. The molecule has 2 N–H and O–H groups in total. The molecular formula is C11H18N4O. The van der Waals surface area contributed by atoms with E-state index in [0.29, 0.717) is 17.5 Å². The molecule has 5 nitrogen and oxygen atoms in total. The molecule has 0 amide bonds. The average Bonchev–Trinajstić information content (AvgIpc) is 2.30. The number of nitrogen functional groups attached to an aromatic ring is 1. The molecular weight excluding hydrogens is 204 g/mol. The number of hydrogen-bond acceptors (Lipinski definition) is 5. The van der Waals surface area contributed by atoms with Gasteiger partial charge in [-0.25, -0.2) is 4.98 Å². The third-order valence-corrected chi connectivity index (χ3v) is 3.06. The fraction of sp³-hybridized carbons (Fsp3) is 0.636. The molecule has 0 saturated carbocycles. The van der Waals surface area contributed by atoms with E-state index in [1.54, 1.807) is 13.3 Å². The fourth-order valence-corrected chi connectivity index (χ4v) is 1.89. The van der Waals surface area contributed by atoms with E-state index in [1.165, 1.54) is 12.8 Å². The van der Waals surface area contributed by atoms with E-state index in [1.807, 2.05) is 0 Å². The number of rotatable bonds is 2. The molecule has 2 rings (SSSR count). The summed E-state index contributed by atoms with van der Waals surface area (Å²) in [6.07, 6.45) is 4.01. The Morgan fingerprint density at radius 2 is 2.12 bits per heavy atom. The standard InChI is InChI=1S/C11H18N4O/c1-8-3-5-15(6-4-8)11-13-7-9(16-2)10(12)14-11/h7-8H,3-6H2,1-2H3,(H2,12,13,14). The van der Waals surface area contributed by atoms with E-state index in [4.69, 9.17) is 10.5 Å². The van der Waals surface area contributed by atoms with Crippen LogP contribution in [0.25, 0.3) is 0 Å². The van der Waals surface area contributed by atoms with Crippen LogP contribution in [0.2, 0.25) is 0 Å². The lowest BCUT2D eigenvalue weighted by Crippen LogP contribution is -2.34. The first-order valence-electron chi connectivity index (χ1n) is 5.62. The molecule has 0 aromatic carbocycles. The van der Waals surface area contributed by atoms with Crippen LogP contribution in [0.3, 0.4) is 0 Å². The summed E-state index contributed by atoms with van der Waals surface area (Å²) >= 11 is 0. The van der Waals surface area contributed by atoms with Crippen LogP contribution < -0.4 is 15.4 Å². The fourth-order valence-electron chi connectivity index (χ4n) is 1.89. The van der Waals surface area contributed by atoms with Gasteiger partial charge in [-0.1, -0.05) is 6.92 Å². The van der Waals surface area contributed by atoms with Crippen molar-refractivity contribution < 1.29 is 4.74 Å². The summed E-state index contributed by atoms with van der Waals surface area (Å²) in [5, 5.41) is 0. The van der Waals surface area contributed by atoms with Crippen LogP contribution in [0.5, 0.6) is 5.75 Å². The molecule has 16 heavy (non-hydrogen) atoms. The minimum absolute atomic E-state index is 0.408. The summed E-state index contributed by atoms with van der Waals surface area (Å²) in [4.78, 5) is 10.7. The Balaban J connectivity index is 2.12. The van der Waals surface area contributed by atoms with Crippen LogP contribution in [0, 0.1) is 5.92 Å². The molecule has 0 radical (unpaired) electrons. The van der Waals surface area contributed by atoms with Gasteiger partial charge in [0.15, 0.2) is 11.6 Å². The van der Waals surface area contributed by atoms with Crippen molar-refractivity contribution in [2.45, 2.75) is 19.8 Å². The van der Waals surface area contributed by atoms with Crippen molar-refractivity contribution in [3.63, 3.8) is 0 Å². The summed E-state index contributed by atoms with van der Waals surface area (Å²) in [7, 11) is 1.57. The molecule has 1 aliphatic heterocycles. The molecule has 0 bridgehead atoms. The number of anilines is 2. The van der Waals surface area contributed by atoms with E-state index in [9.17, 15) is 0 Å². The highest BCUT2D eigenvalue weighted by Gasteiger charge is 2.18. The maximum Gasteiger partial charge on any atom is 0.227 e. The molecule has 0 aliphatic carbocycles. The Kier molecular flexibility index (Phi) is 3.12. The highest BCUT2D eigenvalue weighted by molar-refractivity contribution is 5.48. The minimum atomic E-state index is 0.408. The van der Waals surface area contributed by atoms with Crippen LogP contribution in [-0.4, -0.2) is 30.2 Å². The molecule has 1 aliphatic rings. The zero-order valence-corrected chi connectivity index (χ0v) is 9.81. The lowest BCUT2D eigenvalue weighted by molar-refractivity contribution is 0.411. The topological polar surface area (TPSA) is 64.3 Å². The number of aromatic nitrogens is 2. The second kappa shape index (κ2) is 4.55. The highest BCUT2D eigenvalue weighted by atomic mass is 16.5. The smallest absolute Gasteiger partial charge is 0.227 e. The molecule has 1 saturated heterocycles. The van der Waals surface area contributed by atoms with Crippen molar-refractivity contribution in [1.82, 2.24) is 9.97 Å². The van der Waals surface area contributed by atoms with E-state index < -0.39 is 0 Å². The van der Waals surface area contributed by atoms with E-state index >= 15 is 0 Å². The first-order valence-corrected chi connectivity index (χ1v) is 5.62. The van der Waals surface area contributed by atoms with Crippen LogP contribution in [0.4, 0.5) is 11.8 Å². The first kappa shape index (κ1) is 11.0. The van der Waals surface area contributed by atoms with Crippen molar-refractivity contribution in [3.8, 4) is 5.75 Å². The number of methoxy groups -OCH3 is 1. The first-order chi connectivity index (χ1) is 7.70. The Morgan fingerprint density at radius 3 is 2.69 bits per heavy atom. The molecule has 1 aromatic rings. The zero-order chi connectivity index (χ0) is 11.5. The molecule has 0 unspecified atom stereocenters. The van der Waals surface area contributed by atoms with Crippen molar-refractivity contribution in [2.75, 3.05) is 30.8 Å². The molecule has 1 aromatic heterocycles. The molecule has 0 atom stereocenters. The molecule has 1 fully saturated rings. The van der Waals surface area contributed by atoms with Gasteiger partial charge >= 0.3 is 0 Å². The largest absolute Gasteiger partial charge is 0.491 e. The Labute approximate surface area is 95.6 Å². The molecule has 0 spiro atoms. The van der Waals surface area contributed by atoms with E-state index in [0.717, 1.165) is 19.0 Å². The maximum atomic E-state index is 5.76. The van der Waals surface area contributed by atoms with Gasteiger partial charge in [0.25, 0.3) is 0 Å². The average molecular weight is 222 g/mol. The number of piperidine rings is 1. The summed E-state index contributed by atoms with van der Waals surface area (Å²) in [5.74, 6) is 2.46. The number of hydrogen-bond donors (Lipinski definition) is 1. The SMILES string of the molecule is COc1cnc(N2CCC(C)CC2)nc1N. The van der Waals surface area contributed by atoms with Gasteiger partial charge in [0.1, 0.15) is 0 Å². The van der Waals surface area contributed by atoms with Gasteiger partial charge < -0.3 is 15.4 Å². The number of ether oxygens (including phenoxy) is 1. The summed E-state index contributed by atoms with van der Waals surface area (Å²) in [6.45, 7) is 4.29. The van der Waals surface area contributed by atoms with Gasteiger partial charge in [-0.15, -0.1) is 0 Å². The third-order valence-electron chi connectivity index (χ3n) is 3.06. The lowest BCUT2D eigenvalue weighted by atomic mass is 10.00. The summed E-state index contributed by atoms with van der Waals surface area (Å²) in [5.41, 5.74) is 5.76. The molecule has 2 heterocycles.